The molecule has 0 bridgehead atoms. The number of hydrogen-bond donors (Lipinski definition) is 1. The quantitative estimate of drug-likeness (QED) is 0.909. The smallest absolute Gasteiger partial charge is 0.408 e. The Morgan fingerprint density at radius 2 is 2.10 bits per heavy atom. The molecular weight excluding hydrogens is 280 g/mol. The number of sulfonamides is 1. The van der Waals surface area contributed by atoms with Crippen LogP contribution in [0.3, 0.4) is 0 Å². The topological polar surface area (TPSA) is 81.3 Å². The summed E-state index contributed by atoms with van der Waals surface area (Å²) in [6.07, 6.45) is 1.66. The molecule has 0 fully saturated rings. The van der Waals surface area contributed by atoms with Crippen LogP contribution in [0.1, 0.15) is 26.7 Å². The number of benzene rings is 1. The molecule has 0 amide bonds. The molecule has 0 spiro atoms. The van der Waals surface area contributed by atoms with Gasteiger partial charge in [-0.25, -0.2) is 17.9 Å². The number of aryl methyl sites for hydroxylation is 1. The molecule has 0 saturated heterocycles. The molecule has 1 aromatic carbocycles. The Bertz CT molecular complexity index is 773. The van der Waals surface area contributed by atoms with Crippen LogP contribution in [-0.2, 0) is 17.1 Å². The van der Waals surface area contributed by atoms with Crippen LogP contribution in [0, 0.1) is 0 Å². The van der Waals surface area contributed by atoms with Crippen LogP contribution in [0.4, 0.5) is 0 Å². The maximum atomic E-state index is 12.2. The van der Waals surface area contributed by atoms with Crippen molar-refractivity contribution in [1.82, 2.24) is 9.29 Å². The minimum atomic E-state index is -3.60. The van der Waals surface area contributed by atoms with Crippen molar-refractivity contribution in [3.05, 3.63) is 28.7 Å². The van der Waals surface area contributed by atoms with E-state index in [1.807, 2.05) is 13.8 Å². The van der Waals surface area contributed by atoms with Gasteiger partial charge in [0.2, 0.25) is 10.0 Å². The molecule has 0 unspecified atom stereocenters. The molecule has 2 aromatic rings. The van der Waals surface area contributed by atoms with Gasteiger partial charge in [0, 0.05) is 19.2 Å². The first-order chi connectivity index (χ1) is 9.35. The third-order valence-corrected chi connectivity index (χ3v) is 4.74. The fraction of sp³-hybridized carbons (Fsp3) is 0.462. The van der Waals surface area contributed by atoms with E-state index >= 15 is 0 Å². The molecule has 7 heteroatoms. The second kappa shape index (κ2) is 5.41. The zero-order valence-electron chi connectivity index (χ0n) is 11.7. The third-order valence-electron chi connectivity index (χ3n) is 3.15. The van der Waals surface area contributed by atoms with Gasteiger partial charge in [-0.2, -0.15) is 0 Å². The molecule has 0 radical (unpaired) electrons. The predicted octanol–water partition coefficient (Wildman–Crippen LogP) is 1.60. The predicted molar refractivity (Wildman–Crippen MR) is 76.1 cm³/mol. The van der Waals surface area contributed by atoms with Crippen LogP contribution in [0.15, 0.2) is 32.3 Å². The minimum absolute atomic E-state index is 0.0994. The van der Waals surface area contributed by atoms with Crippen molar-refractivity contribution >= 4 is 21.1 Å². The summed E-state index contributed by atoms with van der Waals surface area (Å²) in [6.45, 7) is 3.82. The lowest BCUT2D eigenvalue weighted by molar-refractivity contribution is 0.526. The molecule has 1 atom stereocenters. The summed E-state index contributed by atoms with van der Waals surface area (Å²) >= 11 is 0. The first-order valence-corrected chi connectivity index (χ1v) is 7.95. The molecule has 0 aliphatic rings. The standard InChI is InChI=1S/C13H18N2O4S/c1-4-5-9(2)14-20(17,18)10-6-7-11-12(8-10)19-13(16)15(11)3/h6-9,14H,4-5H2,1-3H3/t9-/m0/s1. The van der Waals surface area contributed by atoms with Crippen LogP contribution in [-0.4, -0.2) is 19.0 Å². The summed E-state index contributed by atoms with van der Waals surface area (Å²) in [5.41, 5.74) is 0.832. The molecule has 0 aliphatic heterocycles. The van der Waals surface area contributed by atoms with Crippen LogP contribution < -0.4 is 10.5 Å². The van der Waals surface area contributed by atoms with Crippen LogP contribution in [0.5, 0.6) is 0 Å². The first-order valence-electron chi connectivity index (χ1n) is 6.47. The summed E-state index contributed by atoms with van der Waals surface area (Å²) < 4.78 is 33.4. The number of fused-ring (bicyclic) bond motifs is 1. The summed E-state index contributed by atoms with van der Waals surface area (Å²) in [7, 11) is -2.02. The Kier molecular flexibility index (Phi) is 4.01. The van der Waals surface area contributed by atoms with Crippen LogP contribution in [0.25, 0.3) is 11.1 Å². The van der Waals surface area contributed by atoms with E-state index in [4.69, 9.17) is 4.42 Å². The fourth-order valence-electron chi connectivity index (χ4n) is 2.11. The van der Waals surface area contributed by atoms with E-state index in [9.17, 15) is 13.2 Å². The van der Waals surface area contributed by atoms with Gasteiger partial charge in [0.25, 0.3) is 0 Å². The fourth-order valence-corrected chi connectivity index (χ4v) is 3.40. The van der Waals surface area contributed by atoms with Gasteiger partial charge in [0.15, 0.2) is 5.58 Å². The van der Waals surface area contributed by atoms with Gasteiger partial charge >= 0.3 is 5.76 Å². The van der Waals surface area contributed by atoms with E-state index in [-0.39, 0.29) is 16.5 Å². The highest BCUT2D eigenvalue weighted by atomic mass is 32.2. The number of nitrogens with zero attached hydrogens (tertiary/aromatic N) is 1. The van der Waals surface area contributed by atoms with Crippen molar-refractivity contribution in [1.29, 1.82) is 0 Å². The molecule has 1 N–H and O–H groups in total. The van der Waals surface area contributed by atoms with Gasteiger partial charge in [-0.05, 0) is 25.5 Å². The number of rotatable bonds is 5. The van der Waals surface area contributed by atoms with Crippen LogP contribution >= 0.6 is 0 Å². The Hall–Kier alpha value is -1.60. The second-order valence-corrected chi connectivity index (χ2v) is 6.58. The van der Waals surface area contributed by atoms with Crippen molar-refractivity contribution in [3.63, 3.8) is 0 Å². The third kappa shape index (κ3) is 2.78. The van der Waals surface area contributed by atoms with Crippen molar-refractivity contribution in [3.8, 4) is 0 Å². The van der Waals surface area contributed by atoms with E-state index in [2.05, 4.69) is 4.72 Å². The van der Waals surface area contributed by atoms with Gasteiger partial charge in [0.05, 0.1) is 10.4 Å². The van der Waals surface area contributed by atoms with E-state index in [1.54, 1.807) is 13.1 Å². The van der Waals surface area contributed by atoms with Crippen molar-refractivity contribution < 1.29 is 12.8 Å². The average Bonchev–Trinajstić information content (AvgIpc) is 2.64. The van der Waals surface area contributed by atoms with E-state index in [0.29, 0.717) is 5.52 Å². The van der Waals surface area contributed by atoms with Gasteiger partial charge in [-0.3, -0.25) is 4.57 Å². The van der Waals surface area contributed by atoms with E-state index in [0.717, 1.165) is 12.8 Å². The molecule has 20 heavy (non-hydrogen) atoms. The highest BCUT2D eigenvalue weighted by Gasteiger charge is 2.18. The summed E-state index contributed by atoms with van der Waals surface area (Å²) in [4.78, 5) is 11.5. The Morgan fingerprint density at radius 1 is 1.40 bits per heavy atom. The summed E-state index contributed by atoms with van der Waals surface area (Å²) in [5, 5.41) is 0. The molecule has 0 saturated carbocycles. The molecule has 110 valence electrons. The normalized spacial score (nSPS) is 13.8. The van der Waals surface area contributed by atoms with Gasteiger partial charge < -0.3 is 4.42 Å². The van der Waals surface area contributed by atoms with Gasteiger partial charge in [-0.15, -0.1) is 0 Å². The van der Waals surface area contributed by atoms with Gasteiger partial charge in [-0.1, -0.05) is 13.3 Å². The van der Waals surface area contributed by atoms with Crippen LogP contribution in [0.2, 0.25) is 0 Å². The second-order valence-electron chi connectivity index (χ2n) is 4.87. The molecule has 0 aliphatic carbocycles. The molecular formula is C13H18N2O4S. The zero-order chi connectivity index (χ0) is 14.9. The molecule has 6 nitrogen and oxygen atoms in total. The lowest BCUT2D eigenvalue weighted by atomic mass is 10.2. The average molecular weight is 298 g/mol. The Balaban J connectivity index is 2.40. The first kappa shape index (κ1) is 14.8. The lowest BCUT2D eigenvalue weighted by Crippen LogP contribution is -2.32. The van der Waals surface area contributed by atoms with Gasteiger partial charge in [0.1, 0.15) is 0 Å². The minimum Gasteiger partial charge on any atom is -0.408 e. The highest BCUT2D eigenvalue weighted by Crippen LogP contribution is 2.18. The number of oxazole rings is 1. The lowest BCUT2D eigenvalue weighted by Gasteiger charge is -2.13. The summed E-state index contributed by atoms with van der Waals surface area (Å²) in [6, 6.07) is 4.28. The Morgan fingerprint density at radius 3 is 2.75 bits per heavy atom. The van der Waals surface area contributed by atoms with Crippen molar-refractivity contribution in [2.45, 2.75) is 37.6 Å². The number of nitrogens with one attached hydrogen (secondary N) is 1. The maximum Gasteiger partial charge on any atom is 0.419 e. The SMILES string of the molecule is CCC[C@H](C)NS(=O)(=O)c1ccc2c(c1)oc(=O)n2C. The van der Waals surface area contributed by atoms with E-state index < -0.39 is 15.8 Å². The number of hydrogen-bond acceptors (Lipinski definition) is 4. The number of aromatic nitrogens is 1. The van der Waals surface area contributed by atoms with Crippen molar-refractivity contribution in [2.75, 3.05) is 0 Å². The monoisotopic (exact) mass is 298 g/mol. The summed E-state index contributed by atoms with van der Waals surface area (Å²) in [5.74, 6) is -0.512. The molecule has 1 aromatic heterocycles. The molecule has 2 rings (SSSR count). The highest BCUT2D eigenvalue weighted by molar-refractivity contribution is 7.89. The van der Waals surface area contributed by atoms with Crippen molar-refractivity contribution in [2.24, 2.45) is 7.05 Å². The van der Waals surface area contributed by atoms with E-state index in [1.165, 1.54) is 16.7 Å². The maximum absolute atomic E-state index is 12.2. The molecule has 1 heterocycles. The largest absolute Gasteiger partial charge is 0.419 e. The zero-order valence-corrected chi connectivity index (χ0v) is 12.5. The Labute approximate surface area is 117 Å².